The summed E-state index contributed by atoms with van der Waals surface area (Å²) in [4.78, 5) is 16.4. The molecule has 2 aliphatic rings. The van der Waals surface area contributed by atoms with Crippen molar-refractivity contribution in [3.05, 3.63) is 47.0 Å². The van der Waals surface area contributed by atoms with Crippen molar-refractivity contribution in [1.82, 2.24) is 20.1 Å². The molecule has 4 rings (SSSR count). The van der Waals surface area contributed by atoms with Crippen LogP contribution in [0.1, 0.15) is 44.6 Å². The second-order valence-electron chi connectivity index (χ2n) is 7.30. The van der Waals surface area contributed by atoms with Crippen molar-refractivity contribution in [2.45, 2.75) is 56.7 Å². The van der Waals surface area contributed by atoms with E-state index in [1.807, 2.05) is 12.1 Å². The zero-order valence-corrected chi connectivity index (χ0v) is 15.0. The molecule has 1 saturated heterocycles. The average Bonchev–Trinajstić information content (AvgIpc) is 2.71. The molecule has 0 spiro atoms. The third kappa shape index (κ3) is 4.02. The summed E-state index contributed by atoms with van der Waals surface area (Å²) < 4.78 is 7.13. The lowest BCUT2D eigenvalue weighted by molar-refractivity contribution is 0.0722. The van der Waals surface area contributed by atoms with Gasteiger partial charge in [-0.25, -0.2) is 4.68 Å². The highest BCUT2D eigenvalue weighted by Crippen LogP contribution is 2.28. The Bertz CT molecular complexity index is 763. The Hall–Kier alpha value is -2.05. The van der Waals surface area contributed by atoms with Gasteiger partial charge in [0.15, 0.2) is 0 Å². The summed E-state index contributed by atoms with van der Waals surface area (Å²) in [6.45, 7) is 1.74. The van der Waals surface area contributed by atoms with Gasteiger partial charge in [-0.15, -0.1) is 0 Å². The van der Waals surface area contributed by atoms with E-state index in [1.165, 1.54) is 0 Å². The fourth-order valence-electron chi connectivity index (χ4n) is 4.05. The maximum atomic E-state index is 12.4. The van der Waals surface area contributed by atoms with Crippen LogP contribution in [-0.2, 0) is 4.74 Å². The number of nitrogens with one attached hydrogen (secondary N) is 1. The van der Waals surface area contributed by atoms with Gasteiger partial charge in [-0.1, -0.05) is 0 Å². The number of aromatic nitrogens is 3. The SMILES string of the molecule is O=c1ccc(-c2ccncc2)nn1C1CCC(NC2CCOCC2)CC1. The molecule has 2 fully saturated rings. The molecule has 2 aromatic rings. The number of ether oxygens (including phenoxy) is 1. The summed E-state index contributed by atoms with van der Waals surface area (Å²) in [6, 6.07) is 8.60. The van der Waals surface area contributed by atoms with Crippen molar-refractivity contribution < 1.29 is 4.74 Å². The van der Waals surface area contributed by atoms with Gasteiger partial charge in [-0.3, -0.25) is 9.78 Å². The lowest BCUT2D eigenvalue weighted by atomic mass is 9.90. The van der Waals surface area contributed by atoms with Crippen molar-refractivity contribution in [2.75, 3.05) is 13.2 Å². The van der Waals surface area contributed by atoms with Crippen molar-refractivity contribution in [1.29, 1.82) is 0 Å². The normalized spacial score (nSPS) is 24.5. The van der Waals surface area contributed by atoms with Crippen LogP contribution < -0.4 is 10.9 Å². The maximum Gasteiger partial charge on any atom is 0.267 e. The minimum absolute atomic E-state index is 0.0105. The zero-order valence-electron chi connectivity index (χ0n) is 15.0. The van der Waals surface area contributed by atoms with Crippen molar-refractivity contribution in [3.8, 4) is 11.3 Å². The summed E-state index contributed by atoms with van der Waals surface area (Å²) in [7, 11) is 0. The lowest BCUT2D eigenvalue weighted by Gasteiger charge is -2.33. The van der Waals surface area contributed by atoms with E-state index >= 15 is 0 Å². The van der Waals surface area contributed by atoms with Crippen LogP contribution in [0.25, 0.3) is 11.3 Å². The highest BCUT2D eigenvalue weighted by Gasteiger charge is 2.26. The molecule has 0 unspecified atom stereocenters. The zero-order chi connectivity index (χ0) is 17.8. The number of hydrogen-bond acceptors (Lipinski definition) is 5. The van der Waals surface area contributed by atoms with Crippen LogP contribution in [-0.4, -0.2) is 40.1 Å². The fourth-order valence-corrected chi connectivity index (χ4v) is 4.05. The molecule has 3 heterocycles. The standard InChI is InChI=1S/C20H26N4O2/c25-20-6-5-19(15-7-11-21-12-8-15)23-24(20)18-3-1-16(2-4-18)22-17-9-13-26-14-10-17/h5-8,11-12,16-18,22H,1-4,9-10,13-14H2. The minimum atomic E-state index is -0.0105. The second kappa shape index (κ2) is 8.10. The van der Waals surface area contributed by atoms with E-state index in [9.17, 15) is 4.79 Å². The number of nitrogens with zero attached hydrogens (tertiary/aromatic N) is 3. The Morgan fingerprint density at radius 2 is 1.62 bits per heavy atom. The molecule has 0 bridgehead atoms. The molecule has 0 aromatic carbocycles. The van der Waals surface area contributed by atoms with Crippen molar-refractivity contribution >= 4 is 0 Å². The van der Waals surface area contributed by atoms with Gasteiger partial charge in [-0.05, 0) is 56.7 Å². The van der Waals surface area contributed by atoms with Crippen LogP contribution >= 0.6 is 0 Å². The molecular weight excluding hydrogens is 328 g/mol. The predicted octanol–water partition coefficient (Wildman–Crippen LogP) is 2.56. The van der Waals surface area contributed by atoms with Crippen molar-refractivity contribution in [3.63, 3.8) is 0 Å². The molecule has 1 aliphatic carbocycles. The van der Waals surface area contributed by atoms with Crippen LogP contribution in [0.15, 0.2) is 41.5 Å². The minimum Gasteiger partial charge on any atom is -0.381 e. The Labute approximate surface area is 153 Å². The van der Waals surface area contributed by atoms with Gasteiger partial charge >= 0.3 is 0 Å². The molecule has 26 heavy (non-hydrogen) atoms. The molecule has 1 N–H and O–H groups in total. The predicted molar refractivity (Wildman–Crippen MR) is 100.0 cm³/mol. The Morgan fingerprint density at radius 3 is 2.35 bits per heavy atom. The smallest absolute Gasteiger partial charge is 0.267 e. The van der Waals surface area contributed by atoms with E-state index in [2.05, 4.69) is 15.4 Å². The van der Waals surface area contributed by atoms with E-state index in [0.717, 1.165) is 63.0 Å². The Kier molecular flexibility index (Phi) is 5.41. The Morgan fingerprint density at radius 1 is 0.923 bits per heavy atom. The highest BCUT2D eigenvalue weighted by atomic mass is 16.5. The average molecular weight is 354 g/mol. The van der Waals surface area contributed by atoms with Crippen LogP contribution in [0, 0.1) is 0 Å². The molecule has 1 aliphatic heterocycles. The van der Waals surface area contributed by atoms with Gasteiger partial charge in [-0.2, -0.15) is 5.10 Å². The van der Waals surface area contributed by atoms with E-state index in [0.29, 0.717) is 12.1 Å². The van der Waals surface area contributed by atoms with E-state index < -0.39 is 0 Å². The molecule has 1 saturated carbocycles. The van der Waals surface area contributed by atoms with E-state index in [-0.39, 0.29) is 11.6 Å². The monoisotopic (exact) mass is 354 g/mol. The number of hydrogen-bond donors (Lipinski definition) is 1. The number of pyridine rings is 1. The van der Waals surface area contributed by atoms with Gasteiger partial charge < -0.3 is 10.1 Å². The van der Waals surface area contributed by atoms with Gasteiger partial charge in [0.05, 0.1) is 11.7 Å². The molecule has 0 atom stereocenters. The van der Waals surface area contributed by atoms with E-state index in [1.54, 1.807) is 29.2 Å². The first kappa shape index (κ1) is 17.4. The summed E-state index contributed by atoms with van der Waals surface area (Å²) in [5.74, 6) is 0. The third-order valence-electron chi connectivity index (χ3n) is 5.54. The van der Waals surface area contributed by atoms with Gasteiger partial charge in [0.1, 0.15) is 0 Å². The molecule has 0 amide bonds. The summed E-state index contributed by atoms with van der Waals surface area (Å²) in [5.41, 5.74) is 1.81. The topological polar surface area (TPSA) is 69.0 Å². The first-order valence-corrected chi connectivity index (χ1v) is 9.63. The largest absolute Gasteiger partial charge is 0.381 e. The third-order valence-corrected chi connectivity index (χ3v) is 5.54. The summed E-state index contributed by atoms with van der Waals surface area (Å²) in [5, 5.41) is 8.43. The van der Waals surface area contributed by atoms with Gasteiger partial charge in [0.2, 0.25) is 0 Å². The lowest BCUT2D eigenvalue weighted by Crippen LogP contribution is -2.44. The first-order chi connectivity index (χ1) is 12.8. The van der Waals surface area contributed by atoms with Crippen molar-refractivity contribution in [2.24, 2.45) is 0 Å². The summed E-state index contributed by atoms with van der Waals surface area (Å²) in [6.07, 6.45) is 9.88. The number of rotatable bonds is 4. The fraction of sp³-hybridized carbons (Fsp3) is 0.550. The molecule has 0 radical (unpaired) electrons. The van der Waals surface area contributed by atoms with Gasteiger partial charge in [0.25, 0.3) is 5.56 Å². The van der Waals surface area contributed by atoms with Crippen LogP contribution in [0.3, 0.4) is 0 Å². The van der Waals surface area contributed by atoms with Crippen LogP contribution in [0.5, 0.6) is 0 Å². The quantitative estimate of drug-likeness (QED) is 0.914. The Balaban J connectivity index is 1.41. The molecule has 6 nitrogen and oxygen atoms in total. The van der Waals surface area contributed by atoms with Crippen LogP contribution in [0.4, 0.5) is 0 Å². The highest BCUT2D eigenvalue weighted by molar-refractivity contribution is 5.57. The van der Waals surface area contributed by atoms with Crippen LogP contribution in [0.2, 0.25) is 0 Å². The first-order valence-electron chi connectivity index (χ1n) is 9.63. The molecular formula is C20H26N4O2. The second-order valence-corrected chi connectivity index (χ2v) is 7.30. The molecule has 2 aromatic heterocycles. The molecule has 138 valence electrons. The maximum absolute atomic E-state index is 12.4. The van der Waals surface area contributed by atoms with E-state index in [4.69, 9.17) is 4.74 Å². The molecule has 6 heteroatoms. The summed E-state index contributed by atoms with van der Waals surface area (Å²) >= 11 is 0. The van der Waals surface area contributed by atoms with Gasteiger partial charge in [0, 0.05) is 49.3 Å².